The van der Waals surface area contributed by atoms with Gasteiger partial charge in [-0.2, -0.15) is 4.31 Å². The monoisotopic (exact) mass is 408 g/mol. The summed E-state index contributed by atoms with van der Waals surface area (Å²) >= 11 is 0. The molecule has 1 aromatic carbocycles. The summed E-state index contributed by atoms with van der Waals surface area (Å²) in [5, 5.41) is 2.86. The van der Waals surface area contributed by atoms with Gasteiger partial charge < -0.3 is 14.5 Å². The van der Waals surface area contributed by atoms with Crippen LogP contribution in [0.15, 0.2) is 32.7 Å². The van der Waals surface area contributed by atoms with E-state index in [0.717, 1.165) is 34.6 Å². The van der Waals surface area contributed by atoms with Crippen LogP contribution in [0.3, 0.4) is 0 Å². The first-order valence-electron chi connectivity index (χ1n) is 9.08. The fraction of sp³-hybridized carbons (Fsp3) is 0.500. The van der Waals surface area contributed by atoms with Crippen LogP contribution in [0.1, 0.15) is 25.7 Å². The van der Waals surface area contributed by atoms with Gasteiger partial charge in [0.1, 0.15) is 0 Å². The molecule has 1 fully saturated rings. The molecule has 1 amide bonds. The summed E-state index contributed by atoms with van der Waals surface area (Å²) in [6.07, 6.45) is 3.97. The Balaban J connectivity index is 1.90. The molecule has 10 heteroatoms. The molecule has 0 saturated heterocycles. The molecule has 0 spiro atoms. The highest BCUT2D eigenvalue weighted by molar-refractivity contribution is 7.89. The molecule has 1 heterocycles. The van der Waals surface area contributed by atoms with Gasteiger partial charge in [0, 0.05) is 27.2 Å². The number of amides is 1. The maximum atomic E-state index is 12.9. The Morgan fingerprint density at radius 3 is 2.29 bits per heavy atom. The van der Waals surface area contributed by atoms with E-state index in [-0.39, 0.29) is 23.4 Å². The van der Waals surface area contributed by atoms with Crippen LogP contribution in [0.2, 0.25) is 0 Å². The Labute approximate surface area is 162 Å². The van der Waals surface area contributed by atoms with Crippen molar-refractivity contribution < 1.29 is 13.2 Å². The van der Waals surface area contributed by atoms with Gasteiger partial charge in [-0.1, -0.05) is 12.8 Å². The average molecular weight is 408 g/mol. The molecule has 1 saturated carbocycles. The predicted octanol–water partition coefficient (Wildman–Crippen LogP) is -0.0835. The minimum absolute atomic E-state index is 0.0511. The molecule has 0 atom stereocenters. The standard InChI is InChI=1S/C18H24N4O5S/c1-20(11-16(23)19-12-6-4-5-7-12)28(26,27)13-8-9-14-15(10-13)22(3)18(25)17(24)21(14)2/h8-10,12H,4-7,11H2,1-3H3,(H,19,23). The molecule has 3 rings (SSSR count). The molecule has 0 unspecified atom stereocenters. The largest absolute Gasteiger partial charge is 0.352 e. The number of rotatable bonds is 5. The number of likely N-dealkylation sites (N-methyl/N-ethyl adjacent to an activating group) is 1. The molecular formula is C18H24N4O5S. The van der Waals surface area contributed by atoms with Gasteiger partial charge in [0.25, 0.3) is 0 Å². The molecule has 1 aliphatic rings. The molecule has 28 heavy (non-hydrogen) atoms. The second kappa shape index (κ2) is 7.51. The molecule has 0 radical (unpaired) electrons. The van der Waals surface area contributed by atoms with Crippen LogP contribution >= 0.6 is 0 Å². The van der Waals surface area contributed by atoms with Gasteiger partial charge in [-0.3, -0.25) is 14.4 Å². The molecule has 1 N–H and O–H groups in total. The van der Waals surface area contributed by atoms with Crippen molar-refractivity contribution in [2.24, 2.45) is 14.1 Å². The van der Waals surface area contributed by atoms with E-state index in [1.807, 2.05) is 0 Å². The number of benzene rings is 1. The summed E-state index contributed by atoms with van der Waals surface area (Å²) in [7, 11) is 0.275. The number of carbonyl (C=O) groups is 1. The Morgan fingerprint density at radius 1 is 1.11 bits per heavy atom. The third kappa shape index (κ3) is 3.61. The summed E-state index contributed by atoms with van der Waals surface area (Å²) in [6.45, 7) is -0.289. The van der Waals surface area contributed by atoms with Gasteiger partial charge in [0.05, 0.1) is 22.5 Å². The quantitative estimate of drug-likeness (QED) is 0.696. The van der Waals surface area contributed by atoms with Crippen molar-refractivity contribution in [1.82, 2.24) is 18.8 Å². The van der Waals surface area contributed by atoms with E-state index in [0.29, 0.717) is 11.0 Å². The van der Waals surface area contributed by atoms with E-state index in [4.69, 9.17) is 0 Å². The average Bonchev–Trinajstić information content (AvgIpc) is 3.16. The maximum absolute atomic E-state index is 12.9. The van der Waals surface area contributed by atoms with Crippen molar-refractivity contribution in [1.29, 1.82) is 0 Å². The van der Waals surface area contributed by atoms with Crippen LogP contribution in [0.5, 0.6) is 0 Å². The lowest BCUT2D eigenvalue weighted by atomic mass is 10.2. The first-order valence-corrected chi connectivity index (χ1v) is 10.5. The number of hydrogen-bond acceptors (Lipinski definition) is 5. The highest BCUT2D eigenvalue weighted by atomic mass is 32.2. The van der Waals surface area contributed by atoms with Crippen molar-refractivity contribution in [2.75, 3.05) is 13.6 Å². The van der Waals surface area contributed by atoms with Crippen LogP contribution in [0.4, 0.5) is 0 Å². The number of aryl methyl sites for hydroxylation is 2. The normalized spacial score (nSPS) is 15.4. The fourth-order valence-corrected chi connectivity index (χ4v) is 4.68. The number of hydrogen-bond donors (Lipinski definition) is 1. The number of nitrogens with one attached hydrogen (secondary N) is 1. The van der Waals surface area contributed by atoms with Gasteiger partial charge in [0.2, 0.25) is 15.9 Å². The summed E-state index contributed by atoms with van der Waals surface area (Å²) in [6, 6.07) is 4.30. The highest BCUT2D eigenvalue weighted by Crippen LogP contribution is 2.20. The predicted molar refractivity (Wildman–Crippen MR) is 105 cm³/mol. The Hall–Kier alpha value is -2.46. The Kier molecular flexibility index (Phi) is 5.44. The molecule has 2 aromatic rings. The summed E-state index contributed by atoms with van der Waals surface area (Å²) in [5.41, 5.74) is -0.676. The molecular weight excluding hydrogens is 384 g/mol. The topological polar surface area (TPSA) is 110 Å². The Morgan fingerprint density at radius 2 is 1.68 bits per heavy atom. The van der Waals surface area contributed by atoms with Crippen molar-refractivity contribution in [3.8, 4) is 0 Å². The zero-order valence-electron chi connectivity index (χ0n) is 16.1. The van der Waals surface area contributed by atoms with Crippen LogP contribution in [-0.4, -0.2) is 47.4 Å². The van der Waals surface area contributed by atoms with Crippen molar-refractivity contribution in [2.45, 2.75) is 36.6 Å². The second-order valence-electron chi connectivity index (χ2n) is 7.19. The van der Waals surface area contributed by atoms with E-state index >= 15 is 0 Å². The first-order chi connectivity index (χ1) is 13.1. The molecule has 152 valence electrons. The SMILES string of the molecule is CN(CC(=O)NC1CCCC1)S(=O)(=O)c1ccc2c(c1)n(C)c(=O)c(=O)n2C. The lowest BCUT2D eigenvalue weighted by Crippen LogP contribution is -2.42. The number of aromatic nitrogens is 2. The van der Waals surface area contributed by atoms with Crippen LogP contribution < -0.4 is 16.4 Å². The second-order valence-corrected chi connectivity index (χ2v) is 9.23. The van der Waals surface area contributed by atoms with E-state index in [1.165, 1.54) is 43.9 Å². The first kappa shape index (κ1) is 20.3. The molecule has 0 aliphatic heterocycles. The minimum Gasteiger partial charge on any atom is -0.352 e. The zero-order valence-corrected chi connectivity index (χ0v) is 17.0. The number of carbonyl (C=O) groups excluding carboxylic acids is 1. The third-order valence-electron chi connectivity index (χ3n) is 5.26. The highest BCUT2D eigenvalue weighted by Gasteiger charge is 2.25. The van der Waals surface area contributed by atoms with Crippen molar-refractivity contribution >= 4 is 27.0 Å². The van der Waals surface area contributed by atoms with E-state index in [2.05, 4.69) is 5.32 Å². The van der Waals surface area contributed by atoms with Gasteiger partial charge in [-0.15, -0.1) is 0 Å². The van der Waals surface area contributed by atoms with Crippen molar-refractivity contribution in [3.05, 3.63) is 38.9 Å². The van der Waals surface area contributed by atoms with E-state index in [9.17, 15) is 22.8 Å². The maximum Gasteiger partial charge on any atom is 0.316 e. The summed E-state index contributed by atoms with van der Waals surface area (Å²) in [4.78, 5) is 36.1. The van der Waals surface area contributed by atoms with Crippen LogP contribution in [0.25, 0.3) is 11.0 Å². The number of sulfonamides is 1. The van der Waals surface area contributed by atoms with Crippen molar-refractivity contribution in [3.63, 3.8) is 0 Å². The number of fused-ring (bicyclic) bond motifs is 1. The van der Waals surface area contributed by atoms with Gasteiger partial charge in [0.15, 0.2) is 0 Å². The molecule has 1 aliphatic carbocycles. The lowest BCUT2D eigenvalue weighted by molar-refractivity contribution is -0.121. The lowest BCUT2D eigenvalue weighted by Gasteiger charge is -2.19. The molecule has 1 aromatic heterocycles. The molecule has 0 bridgehead atoms. The van der Waals surface area contributed by atoms with E-state index in [1.54, 1.807) is 0 Å². The van der Waals surface area contributed by atoms with Gasteiger partial charge in [-0.25, -0.2) is 8.42 Å². The smallest absolute Gasteiger partial charge is 0.316 e. The summed E-state index contributed by atoms with van der Waals surface area (Å²) < 4.78 is 29.1. The fourth-order valence-electron chi connectivity index (χ4n) is 3.53. The molecule has 9 nitrogen and oxygen atoms in total. The summed E-state index contributed by atoms with van der Waals surface area (Å²) in [5.74, 6) is -0.339. The number of nitrogens with zero attached hydrogens (tertiary/aromatic N) is 3. The minimum atomic E-state index is -3.94. The third-order valence-corrected chi connectivity index (χ3v) is 7.06. The Bertz CT molecular complexity index is 1140. The van der Waals surface area contributed by atoms with E-state index < -0.39 is 21.1 Å². The van der Waals surface area contributed by atoms with Gasteiger partial charge >= 0.3 is 11.1 Å². The van der Waals surface area contributed by atoms with Crippen LogP contribution in [-0.2, 0) is 28.9 Å². The van der Waals surface area contributed by atoms with Crippen LogP contribution in [0, 0.1) is 0 Å². The van der Waals surface area contributed by atoms with Gasteiger partial charge in [-0.05, 0) is 31.0 Å². The zero-order chi connectivity index (χ0) is 20.6.